The lowest BCUT2D eigenvalue weighted by molar-refractivity contribution is -0.139. The number of esters is 3. The van der Waals surface area contributed by atoms with Gasteiger partial charge in [0.15, 0.2) is 0 Å². The molecule has 0 atom stereocenters. The highest BCUT2D eigenvalue weighted by Gasteiger charge is 2.30. The van der Waals surface area contributed by atoms with E-state index in [1.54, 1.807) is 13.8 Å². The van der Waals surface area contributed by atoms with Gasteiger partial charge in [0.05, 0.1) is 44.8 Å². The van der Waals surface area contributed by atoms with Crippen molar-refractivity contribution >= 4 is 51.9 Å². The quantitative estimate of drug-likeness (QED) is 0.358. The predicted octanol–water partition coefficient (Wildman–Crippen LogP) is 2.37. The summed E-state index contributed by atoms with van der Waals surface area (Å²) in [6.45, 7) is 3.55. The maximum absolute atomic E-state index is 12.4. The largest absolute Gasteiger partial charge is 0.469 e. The van der Waals surface area contributed by atoms with Crippen molar-refractivity contribution in [3.63, 3.8) is 0 Å². The van der Waals surface area contributed by atoms with Crippen molar-refractivity contribution < 1.29 is 37.8 Å². The summed E-state index contributed by atoms with van der Waals surface area (Å²) >= 11 is 1.88. The Morgan fingerprint density at radius 3 is 2.27 bits per heavy atom. The number of oxazole rings is 1. The van der Waals surface area contributed by atoms with Crippen molar-refractivity contribution in [2.75, 3.05) is 32.4 Å². The topological polar surface area (TPSA) is 134 Å². The monoisotopic (exact) mass is 456 g/mol. The summed E-state index contributed by atoms with van der Waals surface area (Å²) in [5, 5.41) is 2.97. The van der Waals surface area contributed by atoms with E-state index in [-0.39, 0.29) is 33.2 Å². The minimum Gasteiger partial charge on any atom is -0.469 e. The van der Waals surface area contributed by atoms with Crippen LogP contribution in [-0.2, 0) is 30.2 Å². The van der Waals surface area contributed by atoms with Crippen LogP contribution in [-0.4, -0.2) is 55.9 Å². The first-order valence-corrected chi connectivity index (χ1v) is 10.3. The van der Waals surface area contributed by atoms with Crippen LogP contribution < -0.4 is 5.32 Å². The van der Waals surface area contributed by atoms with Crippen LogP contribution in [0.2, 0.25) is 0 Å². The molecule has 0 radical (unpaired) electrons. The van der Waals surface area contributed by atoms with Crippen molar-refractivity contribution in [1.82, 2.24) is 4.98 Å². The standard InChI is InChI=1S/C18H20N2O8S2/c1-8-9(2)28-18(19-8)29-7-11(21)20-15-13(16(23)26-4)10(6-12(22)25-3)14(30-15)17(24)27-5/h6-7H2,1-5H3,(H,20,21). The van der Waals surface area contributed by atoms with Crippen molar-refractivity contribution in [3.8, 4) is 0 Å². The maximum atomic E-state index is 12.4. The Morgan fingerprint density at radius 2 is 1.73 bits per heavy atom. The summed E-state index contributed by atoms with van der Waals surface area (Å²) in [7, 11) is 3.49. The SMILES string of the molecule is COC(=O)Cc1c(C(=O)OC)sc(NC(=O)CSc2nc(C)c(C)o2)c1C(=O)OC. The van der Waals surface area contributed by atoms with Gasteiger partial charge in [0.1, 0.15) is 15.6 Å². The Balaban J connectivity index is 2.32. The van der Waals surface area contributed by atoms with E-state index in [9.17, 15) is 19.2 Å². The van der Waals surface area contributed by atoms with Gasteiger partial charge >= 0.3 is 17.9 Å². The molecule has 0 aromatic carbocycles. The van der Waals surface area contributed by atoms with Crippen LogP contribution in [0.3, 0.4) is 0 Å². The fourth-order valence-electron chi connectivity index (χ4n) is 2.31. The molecule has 0 aliphatic carbocycles. The van der Waals surface area contributed by atoms with Gasteiger partial charge in [-0.15, -0.1) is 11.3 Å². The number of ether oxygens (including phenoxy) is 3. The Hall–Kier alpha value is -2.86. The molecule has 1 amide bonds. The van der Waals surface area contributed by atoms with Gasteiger partial charge < -0.3 is 23.9 Å². The number of nitrogens with zero attached hydrogens (tertiary/aromatic N) is 1. The van der Waals surface area contributed by atoms with Crippen LogP contribution in [0, 0.1) is 13.8 Å². The van der Waals surface area contributed by atoms with Gasteiger partial charge in [-0.2, -0.15) is 0 Å². The van der Waals surface area contributed by atoms with Gasteiger partial charge in [-0.25, -0.2) is 14.6 Å². The third kappa shape index (κ3) is 5.39. The van der Waals surface area contributed by atoms with Crippen LogP contribution in [0.1, 0.15) is 37.0 Å². The zero-order chi connectivity index (χ0) is 22.4. The molecule has 0 aliphatic rings. The average Bonchev–Trinajstić information content (AvgIpc) is 3.24. The summed E-state index contributed by atoms with van der Waals surface area (Å²) < 4.78 is 19.5. The number of aromatic nitrogens is 1. The second kappa shape index (κ2) is 10.3. The minimum atomic E-state index is -0.817. The molecule has 1 N–H and O–H groups in total. The molecule has 2 aromatic rings. The summed E-state index contributed by atoms with van der Waals surface area (Å²) in [6, 6.07) is 0. The second-order valence-corrected chi connectivity index (χ2v) is 7.76. The average molecular weight is 456 g/mol. The lowest BCUT2D eigenvalue weighted by Crippen LogP contribution is -2.17. The highest BCUT2D eigenvalue weighted by Crippen LogP contribution is 2.35. The first-order valence-electron chi connectivity index (χ1n) is 8.47. The van der Waals surface area contributed by atoms with Gasteiger partial charge in [0, 0.05) is 5.56 Å². The normalized spacial score (nSPS) is 10.4. The number of amides is 1. The third-order valence-electron chi connectivity index (χ3n) is 3.90. The molecule has 2 aromatic heterocycles. The molecule has 30 heavy (non-hydrogen) atoms. The van der Waals surface area contributed by atoms with E-state index in [1.165, 1.54) is 7.11 Å². The predicted molar refractivity (Wildman–Crippen MR) is 108 cm³/mol. The molecular weight excluding hydrogens is 436 g/mol. The van der Waals surface area contributed by atoms with E-state index in [0.29, 0.717) is 11.0 Å². The number of thioether (sulfide) groups is 1. The Bertz CT molecular complexity index is 960. The summed E-state index contributed by atoms with van der Waals surface area (Å²) in [5.41, 5.74) is 0.682. The van der Waals surface area contributed by atoms with E-state index < -0.39 is 23.8 Å². The van der Waals surface area contributed by atoms with Crippen molar-refractivity contribution in [2.24, 2.45) is 0 Å². The second-order valence-electron chi connectivity index (χ2n) is 5.81. The summed E-state index contributed by atoms with van der Waals surface area (Å²) in [5.74, 6) is -2.13. The number of carbonyl (C=O) groups is 4. The van der Waals surface area contributed by atoms with Crippen molar-refractivity contribution in [1.29, 1.82) is 0 Å². The molecule has 2 heterocycles. The molecule has 0 bridgehead atoms. The number of anilines is 1. The minimum absolute atomic E-state index is 0.00907. The fourth-order valence-corrected chi connectivity index (χ4v) is 4.16. The number of thiophene rings is 1. The van der Waals surface area contributed by atoms with E-state index in [2.05, 4.69) is 15.0 Å². The molecular formula is C18H20N2O8S2. The van der Waals surface area contributed by atoms with Crippen molar-refractivity contribution in [3.05, 3.63) is 27.5 Å². The maximum Gasteiger partial charge on any atom is 0.348 e. The first kappa shape index (κ1) is 23.4. The van der Waals surface area contributed by atoms with Gasteiger partial charge in [0.25, 0.3) is 5.22 Å². The van der Waals surface area contributed by atoms with Crippen LogP contribution in [0.15, 0.2) is 9.64 Å². The highest BCUT2D eigenvalue weighted by molar-refractivity contribution is 7.99. The smallest absolute Gasteiger partial charge is 0.348 e. The van der Waals surface area contributed by atoms with E-state index in [0.717, 1.165) is 43.0 Å². The number of hydrogen-bond donors (Lipinski definition) is 1. The number of aryl methyl sites for hydroxylation is 2. The zero-order valence-corrected chi connectivity index (χ0v) is 18.6. The molecule has 10 nitrogen and oxygen atoms in total. The number of hydrogen-bond acceptors (Lipinski definition) is 11. The van der Waals surface area contributed by atoms with Gasteiger partial charge in [-0.1, -0.05) is 11.8 Å². The van der Waals surface area contributed by atoms with E-state index in [4.69, 9.17) is 13.9 Å². The molecule has 162 valence electrons. The molecule has 0 unspecified atom stereocenters. The van der Waals surface area contributed by atoms with Gasteiger partial charge in [-0.3, -0.25) is 9.59 Å². The van der Waals surface area contributed by atoms with Crippen molar-refractivity contribution in [2.45, 2.75) is 25.5 Å². The van der Waals surface area contributed by atoms with E-state index in [1.807, 2.05) is 0 Å². The molecule has 0 aliphatic heterocycles. The highest BCUT2D eigenvalue weighted by atomic mass is 32.2. The zero-order valence-electron chi connectivity index (χ0n) is 16.9. The number of nitrogens with one attached hydrogen (secondary N) is 1. The summed E-state index contributed by atoms with van der Waals surface area (Å²) in [6.07, 6.45) is -0.374. The van der Waals surface area contributed by atoms with Crippen LogP contribution >= 0.6 is 23.1 Å². The number of carbonyl (C=O) groups excluding carboxylic acids is 4. The Kier molecular flexibility index (Phi) is 8.00. The van der Waals surface area contributed by atoms with Gasteiger partial charge in [-0.05, 0) is 13.8 Å². The van der Waals surface area contributed by atoms with Crippen LogP contribution in [0.5, 0.6) is 0 Å². The number of methoxy groups -OCH3 is 3. The molecule has 0 fully saturated rings. The molecule has 2 rings (SSSR count). The van der Waals surface area contributed by atoms with E-state index >= 15 is 0 Å². The van der Waals surface area contributed by atoms with Crippen LogP contribution in [0.4, 0.5) is 5.00 Å². The third-order valence-corrected chi connectivity index (χ3v) is 5.86. The summed E-state index contributed by atoms with van der Waals surface area (Å²) in [4.78, 5) is 52.9. The first-order chi connectivity index (χ1) is 14.2. The number of rotatable bonds is 8. The Labute approximate surface area is 180 Å². The molecule has 12 heteroatoms. The Morgan fingerprint density at radius 1 is 1.07 bits per heavy atom. The lowest BCUT2D eigenvalue weighted by Gasteiger charge is -2.07. The van der Waals surface area contributed by atoms with Crippen LogP contribution in [0.25, 0.3) is 0 Å². The lowest BCUT2D eigenvalue weighted by atomic mass is 10.1. The molecule has 0 saturated heterocycles. The molecule has 0 spiro atoms. The fraction of sp³-hybridized carbons (Fsp3) is 0.389. The van der Waals surface area contributed by atoms with Gasteiger partial charge in [0.2, 0.25) is 5.91 Å². The molecule has 0 saturated carbocycles.